The summed E-state index contributed by atoms with van der Waals surface area (Å²) in [5.41, 5.74) is 0.955. The predicted octanol–water partition coefficient (Wildman–Crippen LogP) is 7.29. The minimum atomic E-state index is -0.666. The average Bonchev–Trinajstić information content (AvgIpc) is 3.16. The second-order valence-corrected chi connectivity index (χ2v) is 15.5. The number of allylic oxidation sites excluding steroid dienone is 2. The number of ether oxygens (including phenoxy) is 1. The monoisotopic (exact) mass is 536 g/mol. The van der Waals surface area contributed by atoms with Gasteiger partial charge in [0.2, 0.25) is 0 Å². The number of alkyl halides is 1. The number of aliphatic hydroxyl groups excluding tert-OH is 1. The molecule has 0 saturated heterocycles. The van der Waals surface area contributed by atoms with Crippen molar-refractivity contribution in [2.75, 3.05) is 5.88 Å². The molecule has 4 nitrogen and oxygen atoms in total. The van der Waals surface area contributed by atoms with E-state index in [1.54, 1.807) is 0 Å². The Balaban J connectivity index is 1.72. The fraction of sp³-hybridized carbons (Fsp3) is 0.906. The highest BCUT2D eigenvalue weighted by Crippen LogP contribution is 2.75. The quantitative estimate of drug-likeness (QED) is 0.212. The predicted molar refractivity (Wildman–Crippen MR) is 150 cm³/mol. The second kappa shape index (κ2) is 9.81. The van der Waals surface area contributed by atoms with Gasteiger partial charge in [-0.25, -0.2) is 0 Å². The molecule has 4 saturated carbocycles. The number of fused-ring (bicyclic) bond motifs is 5. The van der Waals surface area contributed by atoms with E-state index < -0.39 is 5.60 Å². The maximum absolute atomic E-state index is 12.7. The van der Waals surface area contributed by atoms with E-state index in [2.05, 4.69) is 47.6 Å². The third-order valence-electron chi connectivity index (χ3n) is 12.5. The van der Waals surface area contributed by atoms with Gasteiger partial charge in [-0.05, 0) is 118 Å². The van der Waals surface area contributed by atoms with Crippen LogP contribution in [0.1, 0.15) is 113 Å². The van der Waals surface area contributed by atoms with Crippen molar-refractivity contribution in [3.05, 3.63) is 11.6 Å². The highest BCUT2D eigenvalue weighted by molar-refractivity contribution is 6.26. The summed E-state index contributed by atoms with van der Waals surface area (Å²) in [6.07, 6.45) is 10.9. The summed E-state index contributed by atoms with van der Waals surface area (Å²) < 4.78 is 6.26. The molecule has 2 N–H and O–H groups in total. The lowest BCUT2D eigenvalue weighted by Gasteiger charge is -2.70. The van der Waals surface area contributed by atoms with Crippen LogP contribution in [0.15, 0.2) is 11.6 Å². The van der Waals surface area contributed by atoms with Gasteiger partial charge in [-0.15, -0.1) is 11.6 Å². The summed E-state index contributed by atoms with van der Waals surface area (Å²) >= 11 is 5.98. The summed E-state index contributed by atoms with van der Waals surface area (Å²) in [7, 11) is 0. The van der Waals surface area contributed by atoms with Gasteiger partial charge in [0, 0.05) is 5.92 Å². The van der Waals surface area contributed by atoms with E-state index in [0.717, 1.165) is 51.4 Å². The molecule has 4 rings (SSSR count). The van der Waals surface area contributed by atoms with Crippen LogP contribution in [0, 0.1) is 45.3 Å². The Morgan fingerprint density at radius 1 is 1.03 bits per heavy atom. The Morgan fingerprint density at radius 2 is 1.68 bits per heavy atom. The molecule has 4 aliphatic carbocycles. The first-order chi connectivity index (χ1) is 17.0. The van der Waals surface area contributed by atoms with E-state index in [9.17, 15) is 15.0 Å². The van der Waals surface area contributed by atoms with Crippen molar-refractivity contribution in [1.29, 1.82) is 0 Å². The number of carbonyl (C=O) groups excluding carboxylic acids is 1. The van der Waals surface area contributed by atoms with Gasteiger partial charge in [0.25, 0.3) is 0 Å². The molecule has 0 radical (unpaired) electrons. The third kappa shape index (κ3) is 4.73. The smallest absolute Gasteiger partial charge is 0.321 e. The van der Waals surface area contributed by atoms with Crippen molar-refractivity contribution in [1.82, 2.24) is 0 Å². The lowest BCUT2D eigenvalue weighted by molar-refractivity contribution is -0.244. The number of aliphatic hydroxyl groups is 2. The SMILES string of the molecule is C/C(=C/CCC(C)(C)O)[C@H]1CC[C@]2(C)[C@@H]1[C@H](OC(=O)CCl)C[C@@H]1[C@@]3(C)CC[C@H](O)C(C)(C)[C@@H]3CC[C@]12C. The number of rotatable bonds is 6. The zero-order valence-corrected chi connectivity index (χ0v) is 25.5. The van der Waals surface area contributed by atoms with E-state index in [1.165, 1.54) is 12.0 Å². The van der Waals surface area contributed by atoms with E-state index in [1.807, 2.05) is 13.8 Å². The molecule has 5 heteroatoms. The molecule has 0 aliphatic heterocycles. The maximum Gasteiger partial charge on any atom is 0.321 e. The van der Waals surface area contributed by atoms with Crippen LogP contribution in [-0.2, 0) is 9.53 Å². The molecule has 4 aliphatic rings. The topological polar surface area (TPSA) is 66.8 Å². The van der Waals surface area contributed by atoms with E-state index in [0.29, 0.717) is 17.8 Å². The molecular weight excluding hydrogens is 484 g/mol. The van der Waals surface area contributed by atoms with Crippen LogP contribution in [0.5, 0.6) is 0 Å². The third-order valence-corrected chi connectivity index (χ3v) is 12.8. The Morgan fingerprint density at radius 3 is 2.30 bits per heavy atom. The van der Waals surface area contributed by atoms with Gasteiger partial charge in [0.15, 0.2) is 0 Å². The minimum Gasteiger partial charge on any atom is -0.461 e. The fourth-order valence-electron chi connectivity index (χ4n) is 10.4. The number of hydrogen-bond acceptors (Lipinski definition) is 4. The van der Waals surface area contributed by atoms with Crippen LogP contribution in [0.2, 0.25) is 0 Å². The van der Waals surface area contributed by atoms with Crippen LogP contribution in [0.3, 0.4) is 0 Å². The molecule has 0 heterocycles. The van der Waals surface area contributed by atoms with Gasteiger partial charge in [-0.3, -0.25) is 4.79 Å². The van der Waals surface area contributed by atoms with Crippen molar-refractivity contribution in [2.24, 2.45) is 45.3 Å². The molecule has 37 heavy (non-hydrogen) atoms. The summed E-state index contributed by atoms with van der Waals surface area (Å²) in [5.74, 6) is 1.16. The summed E-state index contributed by atoms with van der Waals surface area (Å²) in [6.45, 7) is 18.1. The van der Waals surface area contributed by atoms with Crippen molar-refractivity contribution in [2.45, 2.75) is 131 Å². The molecule has 9 atom stereocenters. The summed E-state index contributed by atoms with van der Waals surface area (Å²) in [4.78, 5) is 12.7. The fourth-order valence-corrected chi connectivity index (χ4v) is 10.4. The van der Waals surface area contributed by atoms with Gasteiger partial charge < -0.3 is 14.9 Å². The molecular formula is C32H53ClO4. The summed E-state index contributed by atoms with van der Waals surface area (Å²) in [6, 6.07) is 0. The first kappa shape index (κ1) is 29.4. The largest absolute Gasteiger partial charge is 0.461 e. The first-order valence-corrected chi connectivity index (χ1v) is 15.4. The number of hydrogen-bond donors (Lipinski definition) is 2. The Labute approximate surface area is 231 Å². The van der Waals surface area contributed by atoms with E-state index >= 15 is 0 Å². The number of carbonyl (C=O) groups is 1. The van der Waals surface area contributed by atoms with Crippen molar-refractivity contribution < 1.29 is 19.7 Å². The highest BCUT2D eigenvalue weighted by Gasteiger charge is 2.71. The maximum atomic E-state index is 12.7. The van der Waals surface area contributed by atoms with Gasteiger partial charge in [-0.1, -0.05) is 46.3 Å². The highest BCUT2D eigenvalue weighted by atomic mass is 35.5. The molecule has 0 aromatic heterocycles. The van der Waals surface area contributed by atoms with Crippen molar-refractivity contribution in [3.63, 3.8) is 0 Å². The molecule has 212 valence electrons. The molecule has 0 unspecified atom stereocenters. The first-order valence-electron chi connectivity index (χ1n) is 14.8. The Hall–Kier alpha value is -0.580. The lowest BCUT2D eigenvalue weighted by Crippen LogP contribution is -2.66. The van der Waals surface area contributed by atoms with Crippen LogP contribution in [-0.4, -0.2) is 39.9 Å². The van der Waals surface area contributed by atoms with Gasteiger partial charge >= 0.3 is 5.97 Å². The van der Waals surface area contributed by atoms with Crippen LogP contribution < -0.4 is 0 Å². The van der Waals surface area contributed by atoms with E-state index in [4.69, 9.17) is 16.3 Å². The number of esters is 1. The number of halogens is 1. The van der Waals surface area contributed by atoms with Gasteiger partial charge in [-0.2, -0.15) is 0 Å². The normalized spacial score (nSPS) is 45.5. The summed E-state index contributed by atoms with van der Waals surface area (Å²) in [5, 5.41) is 21.2. The second-order valence-electron chi connectivity index (χ2n) is 15.2. The Bertz CT molecular complexity index is 905. The molecule has 0 bridgehead atoms. The van der Waals surface area contributed by atoms with Crippen molar-refractivity contribution in [3.8, 4) is 0 Å². The van der Waals surface area contributed by atoms with Gasteiger partial charge in [0.1, 0.15) is 12.0 Å². The zero-order valence-electron chi connectivity index (χ0n) is 24.7. The molecule has 0 spiro atoms. The molecule has 0 amide bonds. The standard InChI is InChI=1S/C32H53ClO4/c1-20(10-9-14-28(2,3)36)21-11-16-32(8)27(21)22(37-26(35)19-33)18-24-30(6)15-13-25(34)29(4,5)23(30)12-17-31(24,32)7/h10,21-25,27,34,36H,9,11-19H2,1-8H3/b20-10-/t21-,22-,23+,24-,25+,27+,30+,31-,32-/m1/s1. The lowest BCUT2D eigenvalue weighted by atomic mass is 9.35. The van der Waals surface area contributed by atoms with E-state index in [-0.39, 0.29) is 51.6 Å². The zero-order chi connectivity index (χ0) is 27.6. The van der Waals surface area contributed by atoms with Gasteiger partial charge in [0.05, 0.1) is 11.7 Å². The molecule has 4 fully saturated rings. The molecule has 0 aromatic rings. The Kier molecular flexibility index (Phi) is 7.79. The van der Waals surface area contributed by atoms with Crippen LogP contribution in [0.25, 0.3) is 0 Å². The van der Waals surface area contributed by atoms with Crippen LogP contribution in [0.4, 0.5) is 0 Å². The van der Waals surface area contributed by atoms with Crippen LogP contribution >= 0.6 is 11.6 Å². The van der Waals surface area contributed by atoms with Crippen molar-refractivity contribution >= 4 is 17.6 Å². The minimum absolute atomic E-state index is 0.0668. The molecule has 0 aromatic carbocycles. The average molecular weight is 537 g/mol.